The first kappa shape index (κ1) is 12.6. The number of nitrogens with one attached hydrogen (secondary N) is 1. The van der Waals surface area contributed by atoms with Gasteiger partial charge < -0.3 is 5.43 Å². The molecule has 0 aliphatic heterocycles. The van der Waals surface area contributed by atoms with Crippen molar-refractivity contribution >= 4 is 11.5 Å². The van der Waals surface area contributed by atoms with Crippen molar-refractivity contribution in [2.24, 2.45) is 5.84 Å². The molecule has 0 aliphatic carbocycles. The van der Waals surface area contributed by atoms with Crippen molar-refractivity contribution in [2.75, 3.05) is 5.43 Å². The second kappa shape index (κ2) is 4.61. The van der Waals surface area contributed by atoms with E-state index in [9.17, 15) is 0 Å². The zero-order chi connectivity index (χ0) is 14.3. The molecule has 102 valence electrons. The summed E-state index contributed by atoms with van der Waals surface area (Å²) in [6, 6.07) is 10.2. The number of hydrogen-bond donors (Lipinski definition) is 2. The molecule has 0 saturated carbocycles. The molecular weight excluding hydrogens is 250 g/mol. The highest BCUT2D eigenvalue weighted by molar-refractivity contribution is 5.81. The smallest absolute Gasteiger partial charge is 0.165 e. The van der Waals surface area contributed by atoms with Gasteiger partial charge in [-0.3, -0.25) is 0 Å². The largest absolute Gasteiger partial charge is 0.308 e. The summed E-state index contributed by atoms with van der Waals surface area (Å²) < 4.78 is 1.75. The van der Waals surface area contributed by atoms with Gasteiger partial charge in [0.05, 0.1) is 5.69 Å². The van der Waals surface area contributed by atoms with Gasteiger partial charge in [0.1, 0.15) is 5.82 Å². The fraction of sp³-hybridized carbons (Fsp3) is 0.200. The van der Waals surface area contributed by atoms with E-state index in [0.29, 0.717) is 0 Å². The van der Waals surface area contributed by atoms with Crippen LogP contribution in [0.2, 0.25) is 0 Å². The van der Waals surface area contributed by atoms with Crippen LogP contribution < -0.4 is 11.3 Å². The third-order valence-electron chi connectivity index (χ3n) is 3.35. The lowest BCUT2D eigenvalue weighted by atomic mass is 10.0. The average Bonchev–Trinajstić information content (AvgIpc) is 2.73. The SMILES string of the molecule is Cc1cccc(-c2c(C)nn3c(NN)cc(C)nc23)c1. The number of nitrogen functional groups attached to an aromatic ring is 1. The number of hydrazine groups is 1. The maximum Gasteiger partial charge on any atom is 0.165 e. The van der Waals surface area contributed by atoms with Crippen molar-refractivity contribution in [2.45, 2.75) is 20.8 Å². The Morgan fingerprint density at radius 1 is 1.15 bits per heavy atom. The molecule has 0 spiro atoms. The van der Waals surface area contributed by atoms with E-state index in [1.165, 1.54) is 5.56 Å². The van der Waals surface area contributed by atoms with Crippen LogP contribution in [0.5, 0.6) is 0 Å². The molecule has 5 heteroatoms. The predicted octanol–water partition coefficient (Wildman–Crippen LogP) is 2.61. The molecule has 0 unspecified atom stereocenters. The summed E-state index contributed by atoms with van der Waals surface area (Å²) in [5.74, 6) is 6.30. The number of anilines is 1. The molecule has 2 heterocycles. The molecule has 20 heavy (non-hydrogen) atoms. The van der Waals surface area contributed by atoms with E-state index in [2.05, 4.69) is 40.6 Å². The molecule has 5 nitrogen and oxygen atoms in total. The number of rotatable bonds is 2. The topological polar surface area (TPSA) is 68.2 Å². The number of hydrogen-bond acceptors (Lipinski definition) is 4. The Morgan fingerprint density at radius 2 is 1.95 bits per heavy atom. The molecule has 3 rings (SSSR count). The highest BCUT2D eigenvalue weighted by Crippen LogP contribution is 2.29. The zero-order valence-corrected chi connectivity index (χ0v) is 11.8. The van der Waals surface area contributed by atoms with Gasteiger partial charge in [0.15, 0.2) is 5.65 Å². The van der Waals surface area contributed by atoms with Gasteiger partial charge in [0.25, 0.3) is 0 Å². The molecule has 3 N–H and O–H groups in total. The molecule has 0 radical (unpaired) electrons. The molecule has 0 saturated heterocycles. The normalized spacial score (nSPS) is 11.0. The van der Waals surface area contributed by atoms with Crippen LogP contribution in [-0.2, 0) is 0 Å². The number of benzene rings is 1. The Kier molecular flexibility index (Phi) is 2.91. The van der Waals surface area contributed by atoms with E-state index in [4.69, 9.17) is 5.84 Å². The molecule has 0 amide bonds. The Bertz CT molecular complexity index is 788. The van der Waals surface area contributed by atoms with Crippen LogP contribution in [0.15, 0.2) is 30.3 Å². The molecule has 0 atom stereocenters. The van der Waals surface area contributed by atoms with E-state index >= 15 is 0 Å². The van der Waals surface area contributed by atoms with E-state index < -0.39 is 0 Å². The number of fused-ring (bicyclic) bond motifs is 1. The quantitative estimate of drug-likeness (QED) is 0.553. The summed E-state index contributed by atoms with van der Waals surface area (Å²) in [6.45, 7) is 6.02. The summed E-state index contributed by atoms with van der Waals surface area (Å²) >= 11 is 0. The highest BCUT2D eigenvalue weighted by Gasteiger charge is 2.15. The zero-order valence-electron chi connectivity index (χ0n) is 11.8. The van der Waals surface area contributed by atoms with Crippen LogP contribution in [0.3, 0.4) is 0 Å². The highest BCUT2D eigenvalue weighted by atomic mass is 15.4. The summed E-state index contributed by atoms with van der Waals surface area (Å²) in [5.41, 5.74) is 8.72. The van der Waals surface area contributed by atoms with Crippen LogP contribution in [0.1, 0.15) is 17.0 Å². The van der Waals surface area contributed by atoms with E-state index in [1.807, 2.05) is 26.0 Å². The van der Waals surface area contributed by atoms with Crippen LogP contribution >= 0.6 is 0 Å². The van der Waals surface area contributed by atoms with Crippen molar-refractivity contribution in [1.82, 2.24) is 14.6 Å². The molecule has 1 aromatic carbocycles. The van der Waals surface area contributed by atoms with E-state index in [-0.39, 0.29) is 0 Å². The van der Waals surface area contributed by atoms with Crippen molar-refractivity contribution in [3.63, 3.8) is 0 Å². The van der Waals surface area contributed by atoms with Gasteiger partial charge in [-0.1, -0.05) is 29.8 Å². The fourth-order valence-corrected chi connectivity index (χ4v) is 2.49. The molecule has 2 aromatic heterocycles. The molecule has 0 fully saturated rings. The number of nitrogens with zero attached hydrogens (tertiary/aromatic N) is 3. The van der Waals surface area contributed by atoms with Gasteiger partial charge in [-0.2, -0.15) is 9.61 Å². The Morgan fingerprint density at radius 3 is 2.65 bits per heavy atom. The van der Waals surface area contributed by atoms with Crippen molar-refractivity contribution < 1.29 is 0 Å². The van der Waals surface area contributed by atoms with Gasteiger partial charge in [0.2, 0.25) is 0 Å². The number of aryl methyl sites for hydroxylation is 3. The molecule has 0 bridgehead atoms. The van der Waals surface area contributed by atoms with Crippen LogP contribution in [0, 0.1) is 20.8 Å². The maximum absolute atomic E-state index is 5.57. The standard InChI is InChI=1S/C15H17N5/c1-9-5-4-6-12(7-9)14-11(3)19-20-13(18-16)8-10(2)17-15(14)20/h4-8,18H,16H2,1-3H3. The second-order valence-corrected chi connectivity index (χ2v) is 4.99. The van der Waals surface area contributed by atoms with E-state index in [1.54, 1.807) is 4.52 Å². The lowest BCUT2D eigenvalue weighted by Gasteiger charge is -2.06. The number of nitrogens with two attached hydrogens (primary N) is 1. The predicted molar refractivity (Wildman–Crippen MR) is 80.4 cm³/mol. The van der Waals surface area contributed by atoms with E-state index in [0.717, 1.165) is 34.0 Å². The van der Waals surface area contributed by atoms with Gasteiger partial charge >= 0.3 is 0 Å². The average molecular weight is 267 g/mol. The van der Waals surface area contributed by atoms with Gasteiger partial charge in [-0.05, 0) is 26.3 Å². The third kappa shape index (κ3) is 1.92. The monoisotopic (exact) mass is 267 g/mol. The Hall–Kier alpha value is -2.40. The minimum absolute atomic E-state index is 0.731. The molecule has 3 aromatic rings. The second-order valence-electron chi connectivity index (χ2n) is 4.99. The number of aromatic nitrogens is 3. The lowest BCUT2D eigenvalue weighted by molar-refractivity contribution is 0.908. The first-order valence-corrected chi connectivity index (χ1v) is 6.51. The van der Waals surface area contributed by atoms with Crippen LogP contribution in [0.4, 0.5) is 5.82 Å². The Labute approximate surface area is 117 Å². The van der Waals surface area contributed by atoms with Crippen molar-refractivity contribution in [3.8, 4) is 11.1 Å². The van der Waals surface area contributed by atoms with Crippen molar-refractivity contribution in [1.29, 1.82) is 0 Å². The minimum atomic E-state index is 0.731. The summed E-state index contributed by atoms with van der Waals surface area (Å²) in [4.78, 5) is 4.62. The van der Waals surface area contributed by atoms with Crippen LogP contribution in [0.25, 0.3) is 16.8 Å². The molecule has 0 aliphatic rings. The summed E-state index contributed by atoms with van der Waals surface area (Å²) in [7, 11) is 0. The van der Waals surface area contributed by atoms with Crippen molar-refractivity contribution in [3.05, 3.63) is 47.3 Å². The first-order valence-electron chi connectivity index (χ1n) is 6.51. The third-order valence-corrected chi connectivity index (χ3v) is 3.35. The first-order chi connectivity index (χ1) is 9.60. The van der Waals surface area contributed by atoms with Gasteiger partial charge in [0, 0.05) is 17.3 Å². The summed E-state index contributed by atoms with van der Waals surface area (Å²) in [5, 5.41) is 4.54. The minimum Gasteiger partial charge on any atom is -0.308 e. The fourth-order valence-electron chi connectivity index (χ4n) is 2.49. The Balaban J connectivity index is 2.36. The maximum atomic E-state index is 5.57. The lowest BCUT2D eigenvalue weighted by Crippen LogP contribution is -2.12. The summed E-state index contributed by atoms with van der Waals surface area (Å²) in [6.07, 6.45) is 0. The van der Waals surface area contributed by atoms with Gasteiger partial charge in [-0.25, -0.2) is 10.8 Å². The van der Waals surface area contributed by atoms with Crippen LogP contribution in [-0.4, -0.2) is 14.6 Å². The van der Waals surface area contributed by atoms with Gasteiger partial charge in [-0.15, -0.1) is 0 Å². The molecular formula is C15H17N5.